The summed E-state index contributed by atoms with van der Waals surface area (Å²) in [4.78, 5) is 15.9. The Labute approximate surface area is 158 Å². The van der Waals surface area contributed by atoms with Crippen molar-refractivity contribution in [3.8, 4) is 0 Å². The number of halogens is 1. The molecular formula is C16H14ClN5OS2. The fraction of sp³-hybridized carbons (Fsp3) is 0.125. The number of carbonyl (C=O) groups is 1. The van der Waals surface area contributed by atoms with Gasteiger partial charge in [-0.05, 0) is 31.2 Å². The van der Waals surface area contributed by atoms with Crippen LogP contribution in [0.4, 0.5) is 16.5 Å². The van der Waals surface area contributed by atoms with Crippen molar-refractivity contribution in [1.29, 1.82) is 0 Å². The van der Waals surface area contributed by atoms with Gasteiger partial charge in [-0.3, -0.25) is 4.79 Å². The molecule has 0 unspecified atom stereocenters. The van der Waals surface area contributed by atoms with E-state index in [-0.39, 0.29) is 16.8 Å². The number of pyridine rings is 1. The molecule has 0 aliphatic carbocycles. The molecule has 0 aliphatic rings. The van der Waals surface area contributed by atoms with Gasteiger partial charge >= 0.3 is 0 Å². The molecule has 2 aromatic heterocycles. The maximum Gasteiger partial charge on any atom is 0.234 e. The summed E-state index contributed by atoms with van der Waals surface area (Å²) in [5.74, 6) is 0.0350. The molecule has 0 saturated heterocycles. The van der Waals surface area contributed by atoms with Gasteiger partial charge in [-0.2, -0.15) is 0 Å². The maximum atomic E-state index is 12.0. The minimum atomic E-state index is -0.178. The first-order valence-electron chi connectivity index (χ1n) is 7.30. The second kappa shape index (κ2) is 8.28. The predicted molar refractivity (Wildman–Crippen MR) is 103 cm³/mol. The van der Waals surface area contributed by atoms with Gasteiger partial charge in [0.15, 0.2) is 9.49 Å². The monoisotopic (exact) mass is 391 g/mol. The lowest BCUT2D eigenvalue weighted by molar-refractivity contribution is -0.113. The molecule has 0 atom stereocenters. The number of rotatable bonds is 6. The van der Waals surface area contributed by atoms with Gasteiger partial charge in [0.1, 0.15) is 0 Å². The van der Waals surface area contributed by atoms with Gasteiger partial charge in [-0.15, -0.1) is 10.2 Å². The highest BCUT2D eigenvalue weighted by Gasteiger charge is 2.10. The average Bonchev–Trinajstić information content (AvgIpc) is 3.05. The van der Waals surface area contributed by atoms with Gasteiger partial charge in [-0.1, -0.05) is 52.4 Å². The van der Waals surface area contributed by atoms with Crippen molar-refractivity contribution in [2.45, 2.75) is 11.3 Å². The van der Waals surface area contributed by atoms with Crippen LogP contribution in [0.2, 0.25) is 5.15 Å². The highest BCUT2D eigenvalue weighted by Crippen LogP contribution is 2.28. The summed E-state index contributed by atoms with van der Waals surface area (Å²) < 4.78 is 0.710. The van der Waals surface area contributed by atoms with Gasteiger partial charge in [0.25, 0.3) is 0 Å². The van der Waals surface area contributed by atoms with Crippen LogP contribution in [-0.4, -0.2) is 26.8 Å². The minimum absolute atomic E-state index is 0.178. The molecule has 0 radical (unpaired) electrons. The first kappa shape index (κ1) is 17.7. The molecule has 128 valence electrons. The van der Waals surface area contributed by atoms with Crippen LogP contribution in [0.15, 0.2) is 46.9 Å². The number of nitrogens with zero attached hydrogens (tertiary/aromatic N) is 3. The first-order valence-corrected chi connectivity index (χ1v) is 9.48. The number of hydrogen-bond acceptors (Lipinski definition) is 7. The van der Waals surface area contributed by atoms with E-state index in [1.807, 2.05) is 31.2 Å². The first-order chi connectivity index (χ1) is 12.1. The molecule has 1 aromatic carbocycles. The van der Waals surface area contributed by atoms with Crippen molar-refractivity contribution in [2.24, 2.45) is 0 Å². The molecule has 0 fully saturated rings. The summed E-state index contributed by atoms with van der Waals surface area (Å²) in [5, 5.41) is 15.0. The SMILES string of the molecule is Cc1ccc(Nc2nnc(SCC(=O)Nc3cccnc3Cl)s2)cc1. The van der Waals surface area contributed by atoms with Crippen LogP contribution >= 0.6 is 34.7 Å². The maximum absolute atomic E-state index is 12.0. The molecule has 0 bridgehead atoms. The fourth-order valence-electron chi connectivity index (χ4n) is 1.87. The molecule has 0 spiro atoms. The van der Waals surface area contributed by atoms with Crippen molar-refractivity contribution >= 4 is 57.1 Å². The molecule has 2 heterocycles. The molecule has 3 aromatic rings. The van der Waals surface area contributed by atoms with E-state index in [1.54, 1.807) is 18.3 Å². The van der Waals surface area contributed by atoms with Crippen molar-refractivity contribution in [3.63, 3.8) is 0 Å². The number of thioether (sulfide) groups is 1. The Kier molecular flexibility index (Phi) is 5.85. The summed E-state index contributed by atoms with van der Waals surface area (Å²) in [5.41, 5.74) is 2.63. The summed E-state index contributed by atoms with van der Waals surface area (Å²) in [6.07, 6.45) is 1.57. The van der Waals surface area contributed by atoms with E-state index in [0.29, 0.717) is 15.2 Å². The predicted octanol–water partition coefficient (Wildman–Crippen LogP) is 4.37. The van der Waals surface area contributed by atoms with E-state index >= 15 is 0 Å². The number of aryl methyl sites for hydroxylation is 1. The second-order valence-corrected chi connectivity index (χ2v) is 7.60. The average molecular weight is 392 g/mol. The van der Waals surface area contributed by atoms with Crippen molar-refractivity contribution < 1.29 is 4.79 Å². The Hall–Kier alpha value is -2.16. The number of carbonyl (C=O) groups excluding carboxylic acids is 1. The van der Waals surface area contributed by atoms with E-state index in [9.17, 15) is 4.79 Å². The van der Waals surface area contributed by atoms with Crippen molar-refractivity contribution in [3.05, 3.63) is 53.3 Å². The fourth-order valence-corrected chi connectivity index (χ4v) is 3.61. The van der Waals surface area contributed by atoms with Crippen LogP contribution in [0.1, 0.15) is 5.56 Å². The molecule has 6 nitrogen and oxygen atoms in total. The highest BCUT2D eigenvalue weighted by molar-refractivity contribution is 8.01. The Morgan fingerprint density at radius 3 is 2.80 bits per heavy atom. The van der Waals surface area contributed by atoms with E-state index in [4.69, 9.17) is 11.6 Å². The van der Waals surface area contributed by atoms with Crippen LogP contribution in [0.25, 0.3) is 0 Å². The van der Waals surface area contributed by atoms with Gasteiger partial charge in [0.05, 0.1) is 11.4 Å². The third-order valence-electron chi connectivity index (χ3n) is 3.07. The number of hydrogen-bond donors (Lipinski definition) is 2. The third kappa shape index (κ3) is 5.15. The number of anilines is 3. The molecule has 0 saturated carbocycles. The molecular weight excluding hydrogens is 378 g/mol. The van der Waals surface area contributed by atoms with Gasteiger partial charge in [0, 0.05) is 11.9 Å². The van der Waals surface area contributed by atoms with Crippen molar-refractivity contribution in [2.75, 3.05) is 16.4 Å². The molecule has 25 heavy (non-hydrogen) atoms. The Balaban J connectivity index is 1.52. The number of nitrogens with one attached hydrogen (secondary N) is 2. The van der Waals surface area contributed by atoms with E-state index in [0.717, 1.165) is 5.69 Å². The molecule has 1 amide bonds. The van der Waals surface area contributed by atoms with E-state index < -0.39 is 0 Å². The van der Waals surface area contributed by atoms with Gasteiger partial charge in [-0.25, -0.2) is 4.98 Å². The minimum Gasteiger partial charge on any atom is -0.330 e. The Morgan fingerprint density at radius 2 is 2.04 bits per heavy atom. The van der Waals surface area contributed by atoms with Gasteiger partial charge in [0.2, 0.25) is 11.0 Å². The zero-order valence-electron chi connectivity index (χ0n) is 13.2. The van der Waals surface area contributed by atoms with Crippen molar-refractivity contribution in [1.82, 2.24) is 15.2 Å². The summed E-state index contributed by atoms with van der Waals surface area (Å²) >= 11 is 8.63. The molecule has 9 heteroatoms. The molecule has 0 aliphatic heterocycles. The summed E-state index contributed by atoms with van der Waals surface area (Å²) in [7, 11) is 0. The quantitative estimate of drug-likeness (QED) is 0.479. The lowest BCUT2D eigenvalue weighted by Crippen LogP contribution is -2.14. The normalized spacial score (nSPS) is 10.5. The van der Waals surface area contributed by atoms with Crippen LogP contribution in [0.3, 0.4) is 0 Å². The number of aromatic nitrogens is 3. The van der Waals surface area contributed by atoms with Crippen LogP contribution in [-0.2, 0) is 4.79 Å². The Bertz CT molecular complexity index is 869. The molecule has 3 rings (SSSR count). The van der Waals surface area contributed by atoms with E-state index in [1.165, 1.54) is 28.7 Å². The number of benzene rings is 1. The summed E-state index contributed by atoms with van der Waals surface area (Å²) in [6, 6.07) is 11.4. The number of amides is 1. The smallest absolute Gasteiger partial charge is 0.234 e. The van der Waals surface area contributed by atoms with Crippen LogP contribution < -0.4 is 10.6 Å². The largest absolute Gasteiger partial charge is 0.330 e. The Morgan fingerprint density at radius 1 is 1.24 bits per heavy atom. The zero-order valence-corrected chi connectivity index (χ0v) is 15.6. The van der Waals surface area contributed by atoms with Crippen LogP contribution in [0, 0.1) is 6.92 Å². The van der Waals surface area contributed by atoms with E-state index in [2.05, 4.69) is 25.8 Å². The standard InChI is InChI=1S/C16H14ClN5OS2/c1-10-4-6-11(7-5-10)19-15-21-22-16(25-15)24-9-13(23)20-12-3-2-8-18-14(12)17/h2-8H,9H2,1H3,(H,19,21)(H,20,23). The summed E-state index contributed by atoms with van der Waals surface area (Å²) in [6.45, 7) is 2.03. The van der Waals surface area contributed by atoms with Gasteiger partial charge < -0.3 is 10.6 Å². The topological polar surface area (TPSA) is 79.8 Å². The second-order valence-electron chi connectivity index (χ2n) is 5.04. The zero-order chi connectivity index (χ0) is 17.6. The van der Waals surface area contributed by atoms with Crippen LogP contribution in [0.5, 0.6) is 0 Å². The highest BCUT2D eigenvalue weighted by atomic mass is 35.5. The molecule has 2 N–H and O–H groups in total. The third-order valence-corrected chi connectivity index (χ3v) is 5.34. The lowest BCUT2D eigenvalue weighted by Gasteiger charge is -2.04. The lowest BCUT2D eigenvalue weighted by atomic mass is 10.2.